The monoisotopic (exact) mass is 395 g/mol. The zero-order chi connectivity index (χ0) is 18.3. The number of hydrogen-bond donors (Lipinski definition) is 1. The highest BCUT2D eigenvalue weighted by Gasteiger charge is 2.51. The van der Waals surface area contributed by atoms with Crippen molar-refractivity contribution in [1.29, 1.82) is 0 Å². The Morgan fingerprint density at radius 2 is 2.04 bits per heavy atom. The molecule has 2 aliphatic rings. The molecule has 2 unspecified atom stereocenters. The fraction of sp³-hybridized carbons (Fsp3) is 0.526. The van der Waals surface area contributed by atoms with Crippen molar-refractivity contribution in [2.75, 3.05) is 32.8 Å². The first kappa shape index (κ1) is 18.3. The van der Waals surface area contributed by atoms with Gasteiger partial charge in [-0.05, 0) is 31.0 Å². The summed E-state index contributed by atoms with van der Waals surface area (Å²) in [5.41, 5.74) is 3.50. The van der Waals surface area contributed by atoms with Gasteiger partial charge in [-0.15, -0.1) is 11.3 Å². The van der Waals surface area contributed by atoms with Gasteiger partial charge in [-0.25, -0.2) is 9.37 Å². The minimum Gasteiger partial charge on any atom is -0.396 e. The molecule has 1 N–H and O–H groups in total. The Labute approximate surface area is 162 Å². The van der Waals surface area contributed by atoms with E-state index >= 15 is 0 Å². The first-order valence-electron chi connectivity index (χ1n) is 8.87. The van der Waals surface area contributed by atoms with Crippen LogP contribution in [0, 0.1) is 24.1 Å². The van der Waals surface area contributed by atoms with Crippen LogP contribution in [0.3, 0.4) is 0 Å². The molecule has 0 saturated carbocycles. The number of likely N-dealkylation sites (tertiary alicyclic amines) is 2. The van der Waals surface area contributed by atoms with Gasteiger partial charge in [-0.3, -0.25) is 9.80 Å². The molecule has 0 radical (unpaired) electrons. The van der Waals surface area contributed by atoms with Crippen molar-refractivity contribution in [1.82, 2.24) is 14.8 Å². The van der Waals surface area contributed by atoms with Crippen LogP contribution in [0.15, 0.2) is 23.7 Å². The molecule has 0 aliphatic carbocycles. The normalized spacial score (nSPS) is 26.5. The molecule has 0 spiro atoms. The van der Waals surface area contributed by atoms with Gasteiger partial charge in [0.25, 0.3) is 0 Å². The van der Waals surface area contributed by atoms with E-state index in [4.69, 9.17) is 11.6 Å². The lowest BCUT2D eigenvalue weighted by Gasteiger charge is -2.27. The lowest BCUT2D eigenvalue weighted by molar-refractivity contribution is 0.110. The maximum atomic E-state index is 14.1. The van der Waals surface area contributed by atoms with Gasteiger partial charge in [-0.2, -0.15) is 0 Å². The number of aliphatic hydroxyl groups excluding tert-OH is 1. The van der Waals surface area contributed by atoms with Crippen molar-refractivity contribution >= 4 is 22.9 Å². The Kier molecular flexibility index (Phi) is 5.05. The van der Waals surface area contributed by atoms with Crippen molar-refractivity contribution < 1.29 is 9.50 Å². The molecule has 3 heterocycles. The molecule has 2 aromatic rings. The van der Waals surface area contributed by atoms with Gasteiger partial charge in [0.15, 0.2) is 0 Å². The Morgan fingerprint density at radius 1 is 1.31 bits per heavy atom. The van der Waals surface area contributed by atoms with Crippen molar-refractivity contribution in [2.45, 2.75) is 20.0 Å². The second kappa shape index (κ2) is 7.17. The van der Waals surface area contributed by atoms with Crippen molar-refractivity contribution in [2.24, 2.45) is 11.3 Å². The largest absolute Gasteiger partial charge is 0.396 e. The van der Waals surface area contributed by atoms with Gasteiger partial charge in [0.2, 0.25) is 0 Å². The van der Waals surface area contributed by atoms with E-state index in [0.29, 0.717) is 23.0 Å². The molecule has 26 heavy (non-hydrogen) atoms. The summed E-state index contributed by atoms with van der Waals surface area (Å²) in [5.74, 6) is 0.190. The fourth-order valence-corrected chi connectivity index (χ4v) is 5.47. The number of hydrogen-bond acceptors (Lipinski definition) is 5. The van der Waals surface area contributed by atoms with Crippen LogP contribution in [0.2, 0.25) is 5.02 Å². The zero-order valence-corrected chi connectivity index (χ0v) is 16.4. The number of halogens is 2. The summed E-state index contributed by atoms with van der Waals surface area (Å²) < 4.78 is 14.1. The van der Waals surface area contributed by atoms with Crippen LogP contribution in [0.4, 0.5) is 4.39 Å². The van der Waals surface area contributed by atoms with Crippen LogP contribution in [0.1, 0.15) is 16.1 Å². The summed E-state index contributed by atoms with van der Waals surface area (Å²) in [6.45, 7) is 7.17. The molecule has 4 nitrogen and oxygen atoms in total. The molecule has 2 aliphatic heterocycles. The molecule has 2 fully saturated rings. The Morgan fingerprint density at radius 3 is 2.65 bits per heavy atom. The molecular weight excluding hydrogens is 373 g/mol. The second-order valence-corrected chi connectivity index (χ2v) is 9.03. The third-order valence-electron chi connectivity index (χ3n) is 5.83. The standard InChI is InChI=1S/C19H23ClFN3OS/c1-13-18(26-12-22-13)8-24-7-15-6-23(9-19(15,10-24)11-25)5-14-4-16(20)2-3-17(14)21/h2-4,12,15,25H,5-11H2,1H3. The predicted molar refractivity (Wildman–Crippen MR) is 102 cm³/mol. The van der Waals surface area contributed by atoms with Crippen molar-refractivity contribution in [3.05, 3.63) is 50.7 Å². The van der Waals surface area contributed by atoms with Crippen LogP contribution in [0.25, 0.3) is 0 Å². The van der Waals surface area contributed by atoms with E-state index in [9.17, 15) is 9.50 Å². The number of aliphatic hydroxyl groups is 1. The maximum absolute atomic E-state index is 14.1. The number of rotatable bonds is 5. The lowest BCUT2D eigenvalue weighted by atomic mass is 9.82. The Bertz CT molecular complexity index is 801. The molecule has 1 aromatic carbocycles. The summed E-state index contributed by atoms with van der Waals surface area (Å²) in [6, 6.07) is 4.71. The van der Waals surface area contributed by atoms with Crippen LogP contribution >= 0.6 is 22.9 Å². The first-order chi connectivity index (χ1) is 12.5. The third kappa shape index (κ3) is 3.41. The molecule has 2 saturated heterocycles. The summed E-state index contributed by atoms with van der Waals surface area (Å²) in [6.07, 6.45) is 0. The molecule has 0 amide bonds. The van der Waals surface area contributed by atoms with E-state index in [0.717, 1.165) is 38.4 Å². The quantitative estimate of drug-likeness (QED) is 0.844. The van der Waals surface area contributed by atoms with E-state index < -0.39 is 0 Å². The van der Waals surface area contributed by atoms with E-state index in [1.54, 1.807) is 23.5 Å². The van der Waals surface area contributed by atoms with Gasteiger partial charge < -0.3 is 5.11 Å². The number of aromatic nitrogens is 1. The summed E-state index contributed by atoms with van der Waals surface area (Å²) in [4.78, 5) is 10.3. The minimum absolute atomic E-state index is 0.117. The van der Waals surface area contributed by atoms with Crippen LogP contribution < -0.4 is 0 Å². The molecular formula is C19H23ClFN3OS. The highest BCUT2D eigenvalue weighted by molar-refractivity contribution is 7.09. The molecule has 0 bridgehead atoms. The maximum Gasteiger partial charge on any atom is 0.127 e. The third-order valence-corrected chi connectivity index (χ3v) is 6.98. The smallest absolute Gasteiger partial charge is 0.127 e. The van der Waals surface area contributed by atoms with Gasteiger partial charge in [0.1, 0.15) is 5.82 Å². The number of fused-ring (bicyclic) bond motifs is 1. The number of thiazole rings is 1. The fourth-order valence-electron chi connectivity index (χ4n) is 4.45. The van der Waals surface area contributed by atoms with E-state index in [2.05, 4.69) is 14.8 Å². The number of nitrogens with zero attached hydrogens (tertiary/aromatic N) is 3. The zero-order valence-electron chi connectivity index (χ0n) is 14.8. The summed E-state index contributed by atoms with van der Waals surface area (Å²) in [7, 11) is 0. The number of benzene rings is 1. The highest BCUT2D eigenvalue weighted by Crippen LogP contribution is 2.43. The average molecular weight is 396 g/mol. The molecule has 2 atom stereocenters. The molecule has 140 valence electrons. The topological polar surface area (TPSA) is 39.6 Å². The Hall–Kier alpha value is -1.05. The van der Waals surface area contributed by atoms with Crippen LogP contribution in [0.5, 0.6) is 0 Å². The Balaban J connectivity index is 1.43. The highest BCUT2D eigenvalue weighted by atomic mass is 35.5. The van der Waals surface area contributed by atoms with Crippen LogP contribution in [-0.4, -0.2) is 52.7 Å². The van der Waals surface area contributed by atoms with Crippen molar-refractivity contribution in [3.8, 4) is 0 Å². The summed E-state index contributed by atoms with van der Waals surface area (Å²) >= 11 is 7.71. The van der Waals surface area contributed by atoms with E-state index in [-0.39, 0.29) is 17.8 Å². The van der Waals surface area contributed by atoms with Crippen LogP contribution in [-0.2, 0) is 13.1 Å². The SMILES string of the molecule is Cc1ncsc1CN1CC2CN(Cc3cc(Cl)ccc3F)CC2(CO)C1. The number of aryl methyl sites for hydroxylation is 1. The second-order valence-electron chi connectivity index (χ2n) is 7.65. The predicted octanol–water partition coefficient (Wildman–Crippen LogP) is 3.17. The first-order valence-corrected chi connectivity index (χ1v) is 10.1. The van der Waals surface area contributed by atoms with Crippen molar-refractivity contribution in [3.63, 3.8) is 0 Å². The van der Waals surface area contributed by atoms with Gasteiger partial charge in [-0.1, -0.05) is 11.6 Å². The molecule has 1 aromatic heterocycles. The van der Waals surface area contributed by atoms with E-state index in [1.807, 2.05) is 12.4 Å². The minimum atomic E-state index is -0.216. The van der Waals surface area contributed by atoms with Gasteiger partial charge in [0.05, 0.1) is 17.8 Å². The van der Waals surface area contributed by atoms with Gasteiger partial charge in [0, 0.05) is 60.1 Å². The summed E-state index contributed by atoms with van der Waals surface area (Å²) in [5, 5.41) is 10.7. The molecule has 7 heteroatoms. The lowest BCUT2D eigenvalue weighted by Crippen LogP contribution is -2.36. The molecule has 4 rings (SSSR count). The van der Waals surface area contributed by atoms with E-state index in [1.165, 1.54) is 10.9 Å². The average Bonchev–Trinajstić information content (AvgIpc) is 3.24. The van der Waals surface area contributed by atoms with Gasteiger partial charge >= 0.3 is 0 Å².